The number of thioether (sulfide) groups is 1. The van der Waals surface area contributed by atoms with E-state index in [9.17, 15) is 12.8 Å². The highest BCUT2D eigenvalue weighted by atomic mass is 32.2. The molecule has 0 saturated heterocycles. The van der Waals surface area contributed by atoms with E-state index in [1.165, 1.54) is 41.7 Å². The molecular formula is C15H13FN2O2S3. The summed E-state index contributed by atoms with van der Waals surface area (Å²) < 4.78 is 42.0. The van der Waals surface area contributed by atoms with Gasteiger partial charge < -0.3 is 0 Å². The van der Waals surface area contributed by atoms with Crippen LogP contribution < -0.4 is 4.72 Å². The van der Waals surface area contributed by atoms with Crippen LogP contribution in [0.1, 0.15) is 6.92 Å². The Balaban J connectivity index is 1.92. The number of halogens is 1. The molecule has 2 aromatic carbocycles. The Kier molecular flexibility index (Phi) is 4.56. The van der Waals surface area contributed by atoms with Crippen molar-refractivity contribution in [2.45, 2.75) is 16.2 Å². The van der Waals surface area contributed by atoms with Gasteiger partial charge in [0.15, 0.2) is 4.34 Å². The monoisotopic (exact) mass is 368 g/mol. The molecule has 0 spiro atoms. The lowest BCUT2D eigenvalue weighted by molar-refractivity contribution is 0.601. The number of thiazole rings is 1. The molecule has 3 aromatic rings. The Bertz CT molecular complexity index is 937. The Morgan fingerprint density at radius 3 is 2.65 bits per heavy atom. The second-order valence-electron chi connectivity index (χ2n) is 4.65. The molecule has 0 aliphatic heterocycles. The molecule has 1 aromatic heterocycles. The number of anilines is 1. The maximum atomic E-state index is 12.9. The van der Waals surface area contributed by atoms with Gasteiger partial charge in [0.1, 0.15) is 5.82 Å². The van der Waals surface area contributed by atoms with Gasteiger partial charge in [0, 0.05) is 5.69 Å². The van der Waals surface area contributed by atoms with Gasteiger partial charge >= 0.3 is 0 Å². The van der Waals surface area contributed by atoms with Crippen LogP contribution in [0.5, 0.6) is 0 Å². The number of hydrogen-bond acceptors (Lipinski definition) is 5. The first-order valence-electron chi connectivity index (χ1n) is 6.80. The van der Waals surface area contributed by atoms with Crippen molar-refractivity contribution in [2.75, 3.05) is 10.5 Å². The van der Waals surface area contributed by atoms with Gasteiger partial charge in [0.25, 0.3) is 10.0 Å². The second-order valence-corrected chi connectivity index (χ2v) is 8.88. The van der Waals surface area contributed by atoms with Gasteiger partial charge in [-0.2, -0.15) is 0 Å². The van der Waals surface area contributed by atoms with E-state index in [0.29, 0.717) is 5.69 Å². The molecule has 0 unspecified atom stereocenters. The summed E-state index contributed by atoms with van der Waals surface area (Å²) in [6.45, 7) is 2.04. The van der Waals surface area contributed by atoms with Crippen LogP contribution >= 0.6 is 23.1 Å². The molecule has 0 atom stereocenters. The summed E-state index contributed by atoms with van der Waals surface area (Å²) in [5.74, 6) is 0.497. The maximum Gasteiger partial charge on any atom is 0.261 e. The van der Waals surface area contributed by atoms with Gasteiger partial charge in [-0.25, -0.2) is 17.8 Å². The van der Waals surface area contributed by atoms with Gasteiger partial charge in [-0.3, -0.25) is 4.72 Å². The minimum absolute atomic E-state index is 0.158. The van der Waals surface area contributed by atoms with E-state index in [1.807, 2.05) is 6.92 Å². The predicted octanol–water partition coefficient (Wildman–Crippen LogP) is 4.35. The molecule has 23 heavy (non-hydrogen) atoms. The van der Waals surface area contributed by atoms with Crippen molar-refractivity contribution in [3.63, 3.8) is 0 Å². The molecular weight excluding hydrogens is 355 g/mol. The molecule has 3 rings (SSSR count). The fraction of sp³-hybridized carbons (Fsp3) is 0.133. The molecule has 8 heteroatoms. The van der Waals surface area contributed by atoms with Gasteiger partial charge in [-0.15, -0.1) is 11.3 Å². The van der Waals surface area contributed by atoms with Gasteiger partial charge in [-0.1, -0.05) is 18.7 Å². The van der Waals surface area contributed by atoms with Crippen molar-refractivity contribution in [1.29, 1.82) is 0 Å². The van der Waals surface area contributed by atoms with Crippen molar-refractivity contribution < 1.29 is 12.8 Å². The fourth-order valence-corrected chi connectivity index (χ4v) is 5.13. The standard InChI is InChI=1S/C15H13FN2O2S3/c1-2-21-15-17-13-8-7-12(9-14(13)22-15)23(19,20)18-11-5-3-10(16)4-6-11/h3-9,18H,2H2,1H3. The summed E-state index contributed by atoms with van der Waals surface area (Å²) in [5.41, 5.74) is 1.10. The largest absolute Gasteiger partial charge is 0.280 e. The molecule has 1 N–H and O–H groups in total. The van der Waals surface area contributed by atoms with Gasteiger partial charge in [0.2, 0.25) is 0 Å². The zero-order valence-electron chi connectivity index (χ0n) is 12.1. The Morgan fingerprint density at radius 2 is 1.96 bits per heavy atom. The van der Waals surface area contributed by atoms with E-state index in [0.717, 1.165) is 20.3 Å². The van der Waals surface area contributed by atoms with Crippen LogP contribution in [-0.4, -0.2) is 19.2 Å². The van der Waals surface area contributed by atoms with Crippen LogP contribution in [0.15, 0.2) is 51.7 Å². The van der Waals surface area contributed by atoms with E-state index in [4.69, 9.17) is 0 Å². The number of rotatable bonds is 5. The van der Waals surface area contributed by atoms with Crippen molar-refractivity contribution in [2.24, 2.45) is 0 Å². The van der Waals surface area contributed by atoms with E-state index in [2.05, 4.69) is 9.71 Å². The van der Waals surface area contributed by atoms with E-state index in [-0.39, 0.29) is 4.90 Å². The number of nitrogens with zero attached hydrogens (tertiary/aromatic N) is 1. The molecule has 0 fully saturated rings. The smallest absolute Gasteiger partial charge is 0.261 e. The Hall–Kier alpha value is -1.64. The van der Waals surface area contributed by atoms with Crippen LogP contribution in [0.25, 0.3) is 10.2 Å². The first-order valence-corrected chi connectivity index (χ1v) is 10.1. The second kappa shape index (κ2) is 6.46. The van der Waals surface area contributed by atoms with Crippen LogP contribution in [0.3, 0.4) is 0 Å². The highest BCUT2D eigenvalue weighted by Crippen LogP contribution is 2.31. The number of sulfonamides is 1. The average molecular weight is 368 g/mol. The number of nitrogens with one attached hydrogen (secondary N) is 1. The summed E-state index contributed by atoms with van der Waals surface area (Å²) in [6, 6.07) is 10.0. The van der Waals surface area contributed by atoms with Gasteiger partial charge in [0.05, 0.1) is 15.1 Å². The third-order valence-electron chi connectivity index (χ3n) is 3.01. The Morgan fingerprint density at radius 1 is 1.22 bits per heavy atom. The Labute approximate surface area is 141 Å². The molecule has 0 amide bonds. The van der Waals surface area contributed by atoms with Crippen LogP contribution in [0.4, 0.5) is 10.1 Å². The summed E-state index contributed by atoms with van der Waals surface area (Å²) >= 11 is 3.10. The van der Waals surface area contributed by atoms with Crippen LogP contribution in [-0.2, 0) is 10.0 Å². The third kappa shape index (κ3) is 3.65. The summed E-state index contributed by atoms with van der Waals surface area (Å²) in [4.78, 5) is 4.60. The molecule has 4 nitrogen and oxygen atoms in total. The van der Waals surface area contributed by atoms with Crippen molar-refractivity contribution >= 4 is 49.0 Å². The quantitative estimate of drug-likeness (QED) is 0.680. The number of aromatic nitrogens is 1. The van der Waals surface area contributed by atoms with E-state index in [1.54, 1.807) is 23.9 Å². The van der Waals surface area contributed by atoms with Crippen LogP contribution in [0, 0.1) is 5.82 Å². The zero-order chi connectivity index (χ0) is 16.4. The highest BCUT2D eigenvalue weighted by Gasteiger charge is 2.16. The summed E-state index contributed by atoms with van der Waals surface area (Å²) in [7, 11) is -3.72. The molecule has 0 aliphatic rings. The lowest BCUT2D eigenvalue weighted by atomic mass is 10.3. The summed E-state index contributed by atoms with van der Waals surface area (Å²) in [6.07, 6.45) is 0. The predicted molar refractivity (Wildman–Crippen MR) is 93.2 cm³/mol. The first kappa shape index (κ1) is 16.2. The third-order valence-corrected chi connectivity index (χ3v) is 6.44. The van der Waals surface area contributed by atoms with Crippen molar-refractivity contribution in [3.8, 4) is 0 Å². The molecule has 0 saturated carbocycles. The lowest BCUT2D eigenvalue weighted by Crippen LogP contribution is -2.12. The molecule has 0 aliphatic carbocycles. The first-order chi connectivity index (χ1) is 11.0. The van der Waals surface area contributed by atoms with E-state index >= 15 is 0 Å². The fourth-order valence-electron chi connectivity index (χ4n) is 1.97. The number of benzene rings is 2. The maximum absolute atomic E-state index is 12.9. The van der Waals surface area contributed by atoms with Crippen molar-refractivity contribution in [1.82, 2.24) is 4.98 Å². The SMILES string of the molecule is CCSc1nc2ccc(S(=O)(=O)Nc3ccc(F)cc3)cc2s1. The average Bonchev–Trinajstić information content (AvgIpc) is 2.91. The minimum Gasteiger partial charge on any atom is -0.280 e. The molecule has 0 radical (unpaired) electrons. The topological polar surface area (TPSA) is 59.1 Å². The number of fused-ring (bicyclic) bond motifs is 1. The lowest BCUT2D eigenvalue weighted by Gasteiger charge is -2.07. The minimum atomic E-state index is -3.72. The molecule has 120 valence electrons. The molecule has 1 heterocycles. The summed E-state index contributed by atoms with van der Waals surface area (Å²) in [5, 5.41) is 0. The number of hydrogen-bond donors (Lipinski definition) is 1. The van der Waals surface area contributed by atoms with Crippen LogP contribution in [0.2, 0.25) is 0 Å². The normalized spacial score (nSPS) is 11.7. The van der Waals surface area contributed by atoms with Crippen molar-refractivity contribution in [3.05, 3.63) is 48.3 Å². The zero-order valence-corrected chi connectivity index (χ0v) is 14.6. The van der Waals surface area contributed by atoms with Gasteiger partial charge in [-0.05, 0) is 48.2 Å². The highest BCUT2D eigenvalue weighted by molar-refractivity contribution is 8.01. The molecule has 0 bridgehead atoms. The van der Waals surface area contributed by atoms with E-state index < -0.39 is 15.8 Å².